The van der Waals surface area contributed by atoms with E-state index in [9.17, 15) is 18.4 Å². The number of halogens is 2. The number of thioether (sulfide) groups is 1. The summed E-state index contributed by atoms with van der Waals surface area (Å²) in [5.74, 6) is -0.992. The standard InChI is InChI=1S/C16H15N3O3.C14H12F2S.C2H2/c20-12-6-7-19-15(14(12)11-4-2-1-3-5-11)16(21)18-8-9-22-10-13(18)17-19;15-12-6-5-9-7-10-3-1-2-4-13(10)17-8-11(9)14(12)16;1-2/h1-7,13,17H,8-10H2;1,3,5-6H,2,4,7-8H2;1-2H/t13-;;/m0../s1. The summed E-state index contributed by atoms with van der Waals surface area (Å²) in [5, 5.41) is 0. The van der Waals surface area contributed by atoms with Gasteiger partial charge in [-0.15, -0.1) is 24.6 Å². The molecule has 41 heavy (non-hydrogen) atoms. The van der Waals surface area contributed by atoms with Crippen molar-refractivity contribution in [3.8, 4) is 24.0 Å². The summed E-state index contributed by atoms with van der Waals surface area (Å²) in [5.41, 5.74) is 7.37. The van der Waals surface area contributed by atoms with Gasteiger partial charge in [0.15, 0.2) is 17.1 Å². The van der Waals surface area contributed by atoms with E-state index in [0.29, 0.717) is 42.3 Å². The molecule has 6 nitrogen and oxygen atoms in total. The minimum atomic E-state index is -0.736. The second-order valence-corrected chi connectivity index (χ2v) is 10.8. The number of hydrogen-bond donors (Lipinski definition) is 1. The molecule has 4 heterocycles. The zero-order valence-electron chi connectivity index (χ0n) is 22.3. The third-order valence-electron chi connectivity index (χ3n) is 7.32. The van der Waals surface area contributed by atoms with E-state index in [1.54, 1.807) is 33.6 Å². The van der Waals surface area contributed by atoms with Gasteiger partial charge in [-0.2, -0.15) is 0 Å². The molecule has 1 amide bonds. The van der Waals surface area contributed by atoms with Crippen LogP contribution in [0.2, 0.25) is 0 Å². The molecular formula is C32H29F2N3O3S. The molecule has 1 aliphatic carbocycles. The first-order chi connectivity index (χ1) is 20.0. The van der Waals surface area contributed by atoms with Crippen LogP contribution in [-0.2, 0) is 16.9 Å². The second-order valence-electron chi connectivity index (χ2n) is 9.71. The Bertz CT molecular complexity index is 1600. The number of allylic oxidation sites excluding steroid dienone is 4. The van der Waals surface area contributed by atoms with Crippen LogP contribution < -0.4 is 10.9 Å². The summed E-state index contributed by atoms with van der Waals surface area (Å²) in [4.78, 5) is 28.3. The van der Waals surface area contributed by atoms with Crippen LogP contribution >= 0.6 is 11.8 Å². The van der Waals surface area contributed by atoms with Crippen LogP contribution in [0.15, 0.2) is 82.2 Å². The van der Waals surface area contributed by atoms with Gasteiger partial charge in [-0.05, 0) is 46.9 Å². The van der Waals surface area contributed by atoms with E-state index in [-0.39, 0.29) is 17.5 Å². The summed E-state index contributed by atoms with van der Waals surface area (Å²) >= 11 is 1.66. The van der Waals surface area contributed by atoms with Crippen LogP contribution in [0.5, 0.6) is 0 Å². The Hall–Kier alpha value is -4.13. The molecule has 4 aliphatic rings. The monoisotopic (exact) mass is 573 g/mol. The highest BCUT2D eigenvalue weighted by atomic mass is 32.2. The Morgan fingerprint density at radius 2 is 1.85 bits per heavy atom. The number of aromatic nitrogens is 1. The summed E-state index contributed by atoms with van der Waals surface area (Å²) in [7, 11) is 0. The number of pyridine rings is 1. The predicted octanol–water partition coefficient (Wildman–Crippen LogP) is 5.48. The first kappa shape index (κ1) is 28.4. The maximum Gasteiger partial charge on any atom is 0.275 e. The van der Waals surface area contributed by atoms with Crippen LogP contribution in [0.4, 0.5) is 8.78 Å². The minimum Gasteiger partial charge on any atom is -0.375 e. The van der Waals surface area contributed by atoms with E-state index < -0.39 is 11.6 Å². The average molecular weight is 574 g/mol. The zero-order chi connectivity index (χ0) is 28.9. The van der Waals surface area contributed by atoms with E-state index in [4.69, 9.17) is 4.74 Å². The third kappa shape index (κ3) is 5.71. The number of nitrogens with one attached hydrogen (secondary N) is 1. The van der Waals surface area contributed by atoms with Crippen molar-refractivity contribution in [2.75, 3.05) is 25.2 Å². The second kappa shape index (κ2) is 12.6. The van der Waals surface area contributed by atoms with Crippen LogP contribution in [0.3, 0.4) is 0 Å². The number of nitrogens with zero attached hydrogens (tertiary/aromatic N) is 2. The lowest BCUT2D eigenvalue weighted by atomic mass is 9.96. The molecule has 1 fully saturated rings. The largest absolute Gasteiger partial charge is 0.375 e. The number of ether oxygens (including phenoxy) is 1. The zero-order valence-corrected chi connectivity index (χ0v) is 23.1. The van der Waals surface area contributed by atoms with Crippen molar-refractivity contribution in [1.29, 1.82) is 0 Å². The van der Waals surface area contributed by atoms with Crippen molar-refractivity contribution in [2.24, 2.45) is 0 Å². The number of fused-ring (bicyclic) bond motifs is 3. The topological polar surface area (TPSA) is 63.6 Å². The number of amides is 1. The molecule has 7 rings (SSSR count). The van der Waals surface area contributed by atoms with Gasteiger partial charge in [-0.25, -0.2) is 8.78 Å². The van der Waals surface area contributed by atoms with E-state index in [1.165, 1.54) is 22.6 Å². The number of morpholine rings is 1. The van der Waals surface area contributed by atoms with Crippen molar-refractivity contribution in [3.63, 3.8) is 0 Å². The van der Waals surface area contributed by atoms with Gasteiger partial charge in [0.25, 0.3) is 5.91 Å². The van der Waals surface area contributed by atoms with Gasteiger partial charge in [0.2, 0.25) is 0 Å². The number of carbonyl (C=O) groups is 1. The molecule has 1 N–H and O–H groups in total. The van der Waals surface area contributed by atoms with Gasteiger partial charge >= 0.3 is 0 Å². The summed E-state index contributed by atoms with van der Waals surface area (Å²) in [6.45, 7) is 1.48. The Kier molecular flexibility index (Phi) is 8.72. The molecule has 0 spiro atoms. The first-order valence-corrected chi connectivity index (χ1v) is 14.3. The maximum atomic E-state index is 13.7. The van der Waals surface area contributed by atoms with Crippen molar-refractivity contribution in [3.05, 3.63) is 116 Å². The van der Waals surface area contributed by atoms with Gasteiger partial charge in [-0.3, -0.25) is 14.3 Å². The Morgan fingerprint density at radius 3 is 2.66 bits per heavy atom. The predicted molar refractivity (Wildman–Crippen MR) is 158 cm³/mol. The maximum absolute atomic E-state index is 13.7. The van der Waals surface area contributed by atoms with Crippen LogP contribution in [-0.4, -0.2) is 41.4 Å². The molecule has 0 unspecified atom stereocenters. The first-order valence-electron chi connectivity index (χ1n) is 13.3. The highest BCUT2D eigenvalue weighted by Gasteiger charge is 2.36. The van der Waals surface area contributed by atoms with Crippen molar-refractivity contribution >= 4 is 17.7 Å². The molecule has 3 aromatic rings. The third-order valence-corrected chi connectivity index (χ3v) is 8.57. The Balaban J connectivity index is 0.000000160. The van der Waals surface area contributed by atoms with Crippen molar-refractivity contribution in [2.45, 2.75) is 31.2 Å². The lowest BCUT2D eigenvalue weighted by molar-refractivity contribution is -0.00274. The summed E-state index contributed by atoms with van der Waals surface area (Å²) in [6.07, 6.45) is 16.5. The van der Waals surface area contributed by atoms with Crippen LogP contribution in [0.25, 0.3) is 11.1 Å². The number of hydrogen-bond acceptors (Lipinski definition) is 5. The lowest BCUT2D eigenvalue weighted by Crippen LogP contribution is -2.59. The van der Waals surface area contributed by atoms with E-state index in [0.717, 1.165) is 30.4 Å². The summed E-state index contributed by atoms with van der Waals surface area (Å²) in [6, 6.07) is 13.7. The molecule has 0 saturated carbocycles. The molecule has 0 radical (unpaired) electrons. The van der Waals surface area contributed by atoms with E-state index in [2.05, 4.69) is 30.4 Å². The molecule has 9 heteroatoms. The van der Waals surface area contributed by atoms with Gasteiger partial charge in [0.1, 0.15) is 11.9 Å². The van der Waals surface area contributed by atoms with Crippen LogP contribution in [0.1, 0.15) is 34.5 Å². The number of rotatable bonds is 1. The minimum absolute atomic E-state index is 0.136. The van der Waals surface area contributed by atoms with Crippen LogP contribution in [0, 0.1) is 24.5 Å². The fourth-order valence-electron chi connectivity index (χ4n) is 5.32. The van der Waals surface area contributed by atoms with Gasteiger partial charge in [-0.1, -0.05) is 48.6 Å². The molecule has 3 aliphatic heterocycles. The fraction of sp³-hybridized carbons (Fsp3) is 0.250. The normalized spacial score (nSPS) is 18.6. The molecule has 1 saturated heterocycles. The SMILES string of the molecule is C#C.Fc1ccc2c(c1F)CSC1=C(C=CCC1)C2.O=C1c2c(-c3ccccc3)c(=O)ccn2N[C@@H]2COCCN12. The van der Waals surface area contributed by atoms with Gasteiger partial charge in [0.05, 0.1) is 18.8 Å². The lowest BCUT2D eigenvalue weighted by Gasteiger charge is -2.41. The molecule has 210 valence electrons. The van der Waals surface area contributed by atoms with E-state index in [1.807, 2.05) is 30.3 Å². The molecule has 2 aromatic carbocycles. The highest BCUT2D eigenvalue weighted by Crippen LogP contribution is 2.38. The number of terminal acetylenes is 1. The van der Waals surface area contributed by atoms with Crippen molar-refractivity contribution < 1.29 is 18.3 Å². The van der Waals surface area contributed by atoms with E-state index >= 15 is 0 Å². The quantitative estimate of drug-likeness (QED) is 0.391. The molecule has 1 atom stereocenters. The number of carbonyl (C=O) groups excluding carboxylic acids is 1. The smallest absolute Gasteiger partial charge is 0.275 e. The Labute approximate surface area is 241 Å². The number of benzene rings is 2. The average Bonchev–Trinajstić information content (AvgIpc) is 3.21. The molecule has 1 aromatic heterocycles. The van der Waals surface area contributed by atoms with Gasteiger partial charge in [0, 0.05) is 30.1 Å². The van der Waals surface area contributed by atoms with Crippen molar-refractivity contribution in [1.82, 2.24) is 9.58 Å². The summed E-state index contributed by atoms with van der Waals surface area (Å²) < 4.78 is 34.0. The molecular weight excluding hydrogens is 544 g/mol. The Morgan fingerprint density at radius 1 is 1.05 bits per heavy atom. The fourth-order valence-corrected chi connectivity index (χ4v) is 6.54. The van der Waals surface area contributed by atoms with Gasteiger partial charge < -0.3 is 15.1 Å². The highest BCUT2D eigenvalue weighted by molar-refractivity contribution is 8.02. The molecule has 0 bridgehead atoms.